The highest BCUT2D eigenvalue weighted by atomic mass is 16.3. The Morgan fingerprint density at radius 3 is 2.45 bits per heavy atom. The van der Waals surface area contributed by atoms with Crippen LogP contribution in [0, 0.1) is 0 Å². The number of nitrogens with one attached hydrogen (secondary N) is 1. The van der Waals surface area contributed by atoms with Crippen LogP contribution >= 0.6 is 0 Å². The van der Waals surface area contributed by atoms with Crippen LogP contribution in [0.25, 0.3) is 0 Å². The maximum atomic E-state index is 12.0. The van der Waals surface area contributed by atoms with Crippen molar-refractivity contribution in [1.82, 2.24) is 14.9 Å². The maximum Gasteiger partial charge on any atom is 0.222 e. The van der Waals surface area contributed by atoms with E-state index in [1.165, 1.54) is 0 Å². The van der Waals surface area contributed by atoms with Gasteiger partial charge in [0.05, 0.1) is 26.1 Å². The summed E-state index contributed by atoms with van der Waals surface area (Å²) >= 11 is 0. The van der Waals surface area contributed by atoms with Crippen LogP contribution in [0.15, 0.2) is 18.7 Å². The van der Waals surface area contributed by atoms with Crippen LogP contribution in [0.4, 0.5) is 0 Å². The van der Waals surface area contributed by atoms with Gasteiger partial charge in [-0.2, -0.15) is 0 Å². The number of hydrogen-bond donors (Lipinski definition) is 4. The Hall–Kier alpha value is -1.44. The van der Waals surface area contributed by atoms with Crippen LogP contribution in [-0.2, 0) is 4.79 Å². The van der Waals surface area contributed by atoms with Gasteiger partial charge in [0, 0.05) is 24.9 Å². The van der Waals surface area contributed by atoms with Gasteiger partial charge in [-0.25, -0.2) is 4.98 Å². The first-order chi connectivity index (χ1) is 9.60. The Morgan fingerprint density at radius 2 is 2.00 bits per heavy atom. The van der Waals surface area contributed by atoms with E-state index in [4.69, 9.17) is 0 Å². The molecule has 0 spiro atoms. The van der Waals surface area contributed by atoms with Crippen LogP contribution in [0.3, 0.4) is 0 Å². The highest BCUT2D eigenvalue weighted by Gasteiger charge is 2.30. The largest absolute Gasteiger partial charge is 0.394 e. The fourth-order valence-electron chi connectivity index (χ4n) is 2.00. The summed E-state index contributed by atoms with van der Waals surface area (Å²) in [6.45, 7) is 0.473. The highest BCUT2D eigenvalue weighted by molar-refractivity contribution is 5.77. The van der Waals surface area contributed by atoms with Gasteiger partial charge in [0.15, 0.2) is 0 Å². The van der Waals surface area contributed by atoms with Gasteiger partial charge >= 0.3 is 0 Å². The molecule has 1 atom stereocenters. The topological polar surface area (TPSA) is 108 Å². The third-order valence-electron chi connectivity index (χ3n) is 3.30. The van der Waals surface area contributed by atoms with Crippen molar-refractivity contribution in [3.8, 4) is 0 Å². The number of imidazole rings is 1. The molecule has 1 unspecified atom stereocenters. The SMILES string of the molecule is CCCC(CC(=O)NC(CO)(CO)CO)n1ccnc1. The normalized spacial score (nSPS) is 13.2. The van der Waals surface area contributed by atoms with Gasteiger partial charge in [-0.1, -0.05) is 13.3 Å². The molecule has 0 bridgehead atoms. The minimum absolute atomic E-state index is 0.0312. The van der Waals surface area contributed by atoms with Crippen molar-refractivity contribution in [3.05, 3.63) is 18.7 Å². The van der Waals surface area contributed by atoms with E-state index in [-0.39, 0.29) is 18.4 Å². The molecule has 0 radical (unpaired) electrons. The van der Waals surface area contributed by atoms with Crippen molar-refractivity contribution in [2.24, 2.45) is 0 Å². The molecule has 7 nitrogen and oxygen atoms in total. The van der Waals surface area contributed by atoms with Crippen LogP contribution in [0.2, 0.25) is 0 Å². The zero-order valence-electron chi connectivity index (χ0n) is 11.7. The number of rotatable bonds is 9. The van der Waals surface area contributed by atoms with Crippen molar-refractivity contribution < 1.29 is 20.1 Å². The molecule has 1 amide bonds. The van der Waals surface area contributed by atoms with Crippen molar-refractivity contribution >= 4 is 5.91 Å². The van der Waals surface area contributed by atoms with E-state index in [1.807, 2.05) is 11.5 Å². The number of carbonyl (C=O) groups is 1. The summed E-state index contributed by atoms with van der Waals surface area (Å²) in [4.78, 5) is 16.0. The number of hydrogen-bond acceptors (Lipinski definition) is 5. The first-order valence-corrected chi connectivity index (χ1v) is 6.71. The van der Waals surface area contributed by atoms with Gasteiger partial charge in [-0.3, -0.25) is 4.79 Å². The second-order valence-corrected chi connectivity index (χ2v) is 4.96. The second-order valence-electron chi connectivity index (χ2n) is 4.96. The molecule has 1 rings (SSSR count). The predicted molar refractivity (Wildman–Crippen MR) is 72.9 cm³/mol. The van der Waals surface area contributed by atoms with Crippen LogP contribution in [0.5, 0.6) is 0 Å². The van der Waals surface area contributed by atoms with E-state index < -0.39 is 25.4 Å². The Kier molecular flexibility index (Phi) is 6.63. The number of aliphatic hydroxyl groups excluding tert-OH is 3. The summed E-state index contributed by atoms with van der Waals surface area (Å²) in [5.41, 5.74) is -1.37. The van der Waals surface area contributed by atoms with Crippen molar-refractivity contribution in [2.45, 2.75) is 37.8 Å². The van der Waals surface area contributed by atoms with Crippen LogP contribution in [0.1, 0.15) is 32.2 Å². The lowest BCUT2D eigenvalue weighted by atomic mass is 10.0. The Morgan fingerprint density at radius 1 is 1.35 bits per heavy atom. The van der Waals surface area contributed by atoms with Gasteiger partial charge < -0.3 is 25.2 Å². The molecule has 114 valence electrons. The fourth-order valence-corrected chi connectivity index (χ4v) is 2.00. The monoisotopic (exact) mass is 285 g/mol. The molecule has 20 heavy (non-hydrogen) atoms. The van der Waals surface area contributed by atoms with Crippen molar-refractivity contribution in [3.63, 3.8) is 0 Å². The third kappa shape index (κ3) is 4.29. The molecule has 0 aromatic carbocycles. The summed E-state index contributed by atoms with van der Waals surface area (Å²) in [6, 6.07) is -0.0312. The maximum absolute atomic E-state index is 12.0. The quantitative estimate of drug-likeness (QED) is 0.487. The summed E-state index contributed by atoms with van der Waals surface area (Å²) in [7, 11) is 0. The third-order valence-corrected chi connectivity index (χ3v) is 3.30. The molecular formula is C13H23N3O4. The van der Waals surface area contributed by atoms with Gasteiger partial charge in [-0.05, 0) is 6.42 Å². The predicted octanol–water partition coefficient (Wildman–Crippen LogP) is -0.554. The Bertz CT molecular complexity index is 382. The molecule has 1 heterocycles. The van der Waals surface area contributed by atoms with Gasteiger partial charge in [0.2, 0.25) is 5.91 Å². The zero-order chi connectivity index (χ0) is 15.0. The summed E-state index contributed by atoms with van der Waals surface area (Å²) in [5, 5.41) is 30.1. The molecule has 0 saturated carbocycles. The van der Waals surface area contributed by atoms with Gasteiger partial charge in [-0.15, -0.1) is 0 Å². The molecule has 0 fully saturated rings. The average molecular weight is 285 g/mol. The van der Waals surface area contributed by atoms with E-state index in [9.17, 15) is 20.1 Å². The minimum atomic E-state index is -1.37. The second kappa shape index (κ2) is 7.98. The van der Waals surface area contributed by atoms with Gasteiger partial charge in [0.1, 0.15) is 5.54 Å². The Balaban J connectivity index is 2.67. The highest BCUT2D eigenvalue weighted by Crippen LogP contribution is 2.18. The van der Waals surface area contributed by atoms with Crippen LogP contribution in [-0.4, -0.2) is 56.1 Å². The zero-order valence-corrected chi connectivity index (χ0v) is 11.7. The average Bonchev–Trinajstić information content (AvgIpc) is 2.98. The lowest BCUT2D eigenvalue weighted by Gasteiger charge is -2.29. The number of amides is 1. The summed E-state index contributed by atoms with van der Waals surface area (Å²) in [6.07, 6.45) is 7.04. The molecular weight excluding hydrogens is 262 g/mol. The molecule has 0 aliphatic carbocycles. The van der Waals surface area contributed by atoms with E-state index in [0.29, 0.717) is 0 Å². The fraction of sp³-hybridized carbons (Fsp3) is 0.692. The molecule has 1 aromatic heterocycles. The summed E-state index contributed by atoms with van der Waals surface area (Å²) < 4.78 is 1.86. The molecule has 0 saturated heterocycles. The van der Waals surface area contributed by atoms with E-state index in [0.717, 1.165) is 12.8 Å². The van der Waals surface area contributed by atoms with E-state index >= 15 is 0 Å². The Labute approximate surface area is 118 Å². The number of aromatic nitrogens is 2. The lowest BCUT2D eigenvalue weighted by molar-refractivity contribution is -0.126. The van der Waals surface area contributed by atoms with E-state index in [1.54, 1.807) is 18.7 Å². The first-order valence-electron chi connectivity index (χ1n) is 6.71. The molecule has 0 aliphatic heterocycles. The lowest BCUT2D eigenvalue weighted by Crippen LogP contribution is -2.57. The minimum Gasteiger partial charge on any atom is -0.394 e. The first kappa shape index (κ1) is 16.6. The number of aliphatic hydroxyl groups is 3. The summed E-state index contributed by atoms with van der Waals surface area (Å²) in [5.74, 6) is -0.325. The standard InChI is InChI=1S/C13H23N3O4/c1-2-3-11(16-5-4-14-10-16)6-12(20)15-13(7-17,8-18)9-19/h4-5,10-11,17-19H,2-3,6-9H2,1H3,(H,15,20). The smallest absolute Gasteiger partial charge is 0.222 e. The molecule has 1 aromatic rings. The molecule has 4 N–H and O–H groups in total. The van der Waals surface area contributed by atoms with Crippen LogP contribution < -0.4 is 5.32 Å². The van der Waals surface area contributed by atoms with Crippen molar-refractivity contribution in [1.29, 1.82) is 0 Å². The number of nitrogens with zero attached hydrogens (tertiary/aromatic N) is 2. The van der Waals surface area contributed by atoms with Gasteiger partial charge in [0.25, 0.3) is 0 Å². The molecule has 7 heteroatoms. The van der Waals surface area contributed by atoms with Crippen molar-refractivity contribution in [2.75, 3.05) is 19.8 Å². The molecule has 0 aliphatic rings. The number of carbonyl (C=O) groups excluding carboxylic acids is 1. The van der Waals surface area contributed by atoms with E-state index in [2.05, 4.69) is 10.3 Å².